The molecule has 0 atom stereocenters. The molecule has 0 radical (unpaired) electrons. The van der Waals surface area contributed by atoms with Gasteiger partial charge >= 0.3 is 5.95 Å². The van der Waals surface area contributed by atoms with Gasteiger partial charge in [-0.2, -0.15) is 5.26 Å². The molecule has 6 heteroatoms. The number of benzene rings is 2. The first-order chi connectivity index (χ1) is 14.5. The smallest absolute Gasteiger partial charge is 0.308 e. The minimum Gasteiger partial charge on any atom is -0.308 e. The topological polar surface area (TPSA) is 88.6 Å². The summed E-state index contributed by atoms with van der Waals surface area (Å²) in [5.74, 6) is 1.64. The van der Waals surface area contributed by atoms with E-state index in [-0.39, 0.29) is 5.78 Å². The molecule has 6 nitrogen and oxygen atoms in total. The SMILES string of the molecule is CCCCc1nn(CCC(C)=O)c(N)[n+]1Cc1ccc(-c2ccccc2C#N)cc1. The van der Waals surface area contributed by atoms with Crippen molar-refractivity contribution >= 4 is 11.7 Å². The van der Waals surface area contributed by atoms with E-state index in [1.807, 2.05) is 41.0 Å². The molecular formula is C24H28N5O+. The van der Waals surface area contributed by atoms with Gasteiger partial charge in [0.25, 0.3) is 0 Å². The quantitative estimate of drug-likeness (QED) is 0.553. The van der Waals surface area contributed by atoms with Crippen LogP contribution in [0.2, 0.25) is 0 Å². The number of Topliss-reactive ketones (excluding diaryl/α,β-unsaturated/α-hetero) is 1. The van der Waals surface area contributed by atoms with E-state index in [0.717, 1.165) is 41.8 Å². The van der Waals surface area contributed by atoms with Crippen molar-refractivity contribution in [3.63, 3.8) is 0 Å². The lowest BCUT2D eigenvalue weighted by molar-refractivity contribution is -0.682. The minimum atomic E-state index is 0.125. The van der Waals surface area contributed by atoms with Crippen LogP contribution in [0.15, 0.2) is 48.5 Å². The molecule has 2 aromatic carbocycles. The number of nitrogen functional groups attached to an aromatic ring is 1. The molecule has 2 N–H and O–H groups in total. The third kappa shape index (κ3) is 4.93. The van der Waals surface area contributed by atoms with E-state index < -0.39 is 0 Å². The highest BCUT2D eigenvalue weighted by molar-refractivity contribution is 5.75. The van der Waals surface area contributed by atoms with Gasteiger partial charge in [-0.15, -0.1) is 4.68 Å². The number of ketones is 1. The van der Waals surface area contributed by atoms with E-state index in [4.69, 9.17) is 5.73 Å². The Morgan fingerprint density at radius 1 is 1.20 bits per heavy atom. The Morgan fingerprint density at radius 2 is 1.93 bits per heavy atom. The number of aryl methyl sites for hydroxylation is 2. The average molecular weight is 403 g/mol. The van der Waals surface area contributed by atoms with Gasteiger partial charge in [0.15, 0.2) is 0 Å². The molecule has 3 aromatic rings. The van der Waals surface area contributed by atoms with E-state index in [2.05, 4.69) is 30.2 Å². The van der Waals surface area contributed by atoms with Gasteiger partial charge in [0.1, 0.15) is 5.78 Å². The van der Waals surface area contributed by atoms with E-state index in [1.54, 1.807) is 11.6 Å². The van der Waals surface area contributed by atoms with Crippen LogP contribution in [0.3, 0.4) is 0 Å². The summed E-state index contributed by atoms with van der Waals surface area (Å²) in [5.41, 5.74) is 10.1. The molecule has 0 saturated heterocycles. The van der Waals surface area contributed by atoms with Gasteiger partial charge in [-0.05, 0) is 41.2 Å². The lowest BCUT2D eigenvalue weighted by Gasteiger charge is -2.07. The molecule has 0 aliphatic heterocycles. The van der Waals surface area contributed by atoms with Crippen LogP contribution < -0.4 is 10.3 Å². The molecule has 3 rings (SSSR count). The number of anilines is 1. The van der Waals surface area contributed by atoms with Gasteiger partial charge in [-0.25, -0.2) is 4.57 Å². The average Bonchev–Trinajstić information content (AvgIpc) is 3.06. The summed E-state index contributed by atoms with van der Waals surface area (Å²) >= 11 is 0. The fourth-order valence-corrected chi connectivity index (χ4v) is 3.44. The number of hydrogen-bond acceptors (Lipinski definition) is 4. The van der Waals surface area contributed by atoms with Crippen molar-refractivity contribution in [2.75, 3.05) is 5.73 Å². The van der Waals surface area contributed by atoms with E-state index in [0.29, 0.717) is 31.0 Å². The van der Waals surface area contributed by atoms with Crippen molar-refractivity contribution in [1.29, 1.82) is 5.26 Å². The summed E-state index contributed by atoms with van der Waals surface area (Å²) in [6.07, 6.45) is 3.38. The maximum absolute atomic E-state index is 11.4. The molecule has 1 heterocycles. The van der Waals surface area contributed by atoms with Crippen molar-refractivity contribution in [3.8, 4) is 17.2 Å². The van der Waals surface area contributed by atoms with E-state index in [1.165, 1.54) is 0 Å². The number of nitrogens with two attached hydrogens (primary N) is 1. The van der Waals surface area contributed by atoms with E-state index >= 15 is 0 Å². The van der Waals surface area contributed by atoms with Crippen LogP contribution >= 0.6 is 0 Å². The van der Waals surface area contributed by atoms with Crippen molar-refractivity contribution in [3.05, 3.63) is 65.5 Å². The first-order valence-electron chi connectivity index (χ1n) is 10.4. The molecule has 0 aliphatic rings. The van der Waals surface area contributed by atoms with Crippen LogP contribution in [-0.2, 0) is 24.3 Å². The van der Waals surface area contributed by atoms with Gasteiger partial charge in [-0.1, -0.05) is 55.8 Å². The summed E-state index contributed by atoms with van der Waals surface area (Å²) in [6.45, 7) is 4.85. The third-order valence-corrected chi connectivity index (χ3v) is 5.17. The fraction of sp³-hybridized carbons (Fsp3) is 0.333. The summed E-state index contributed by atoms with van der Waals surface area (Å²) in [5, 5.41) is 14.0. The standard InChI is InChI=1S/C24H27N5O/c1-3-4-9-23-27-29(15-14-18(2)30)24(26)28(23)17-19-10-12-20(13-11-19)22-8-6-5-7-21(22)16-25/h5-8,10-13,26H,3-4,9,14-15,17H2,1-2H3/p+1. The number of aromatic nitrogens is 3. The lowest BCUT2D eigenvalue weighted by Crippen LogP contribution is -2.40. The van der Waals surface area contributed by atoms with Crippen molar-refractivity contribution in [1.82, 2.24) is 9.78 Å². The Labute approximate surface area is 177 Å². The predicted octanol–water partition coefficient (Wildman–Crippen LogP) is 3.66. The van der Waals surface area contributed by atoms with Gasteiger partial charge in [0.2, 0.25) is 5.82 Å². The Bertz CT molecular complexity index is 1060. The zero-order valence-electron chi connectivity index (χ0n) is 17.6. The molecule has 0 aliphatic carbocycles. The Hall–Kier alpha value is -3.46. The first kappa shape index (κ1) is 21.3. The van der Waals surface area contributed by atoms with Gasteiger partial charge in [-0.3, -0.25) is 4.79 Å². The van der Waals surface area contributed by atoms with Crippen LogP contribution in [0.4, 0.5) is 5.95 Å². The second-order valence-electron chi connectivity index (χ2n) is 7.49. The Kier molecular flexibility index (Phi) is 6.97. The normalized spacial score (nSPS) is 10.7. The Balaban J connectivity index is 1.86. The summed E-state index contributed by atoms with van der Waals surface area (Å²) in [6, 6.07) is 18.0. The molecule has 0 unspecified atom stereocenters. The van der Waals surface area contributed by atoms with Crippen LogP contribution in [0, 0.1) is 11.3 Å². The van der Waals surface area contributed by atoms with Gasteiger partial charge < -0.3 is 5.73 Å². The van der Waals surface area contributed by atoms with Crippen LogP contribution in [0.1, 0.15) is 50.1 Å². The fourth-order valence-electron chi connectivity index (χ4n) is 3.44. The Morgan fingerprint density at radius 3 is 2.60 bits per heavy atom. The first-order valence-corrected chi connectivity index (χ1v) is 10.4. The zero-order chi connectivity index (χ0) is 21.5. The molecule has 0 bridgehead atoms. The monoisotopic (exact) mass is 402 g/mol. The summed E-state index contributed by atoms with van der Waals surface area (Å²) in [4.78, 5) is 11.4. The van der Waals surface area contributed by atoms with Crippen LogP contribution in [0.5, 0.6) is 0 Å². The number of carbonyl (C=O) groups excluding carboxylic acids is 1. The molecule has 30 heavy (non-hydrogen) atoms. The number of hydrogen-bond donors (Lipinski definition) is 1. The summed E-state index contributed by atoms with van der Waals surface area (Å²) < 4.78 is 3.78. The molecule has 0 fully saturated rings. The van der Waals surface area contributed by atoms with Crippen molar-refractivity contribution in [2.45, 2.75) is 52.6 Å². The van der Waals surface area contributed by atoms with Crippen molar-refractivity contribution < 1.29 is 9.36 Å². The highest BCUT2D eigenvalue weighted by Gasteiger charge is 2.22. The van der Waals surface area contributed by atoms with Crippen molar-refractivity contribution in [2.24, 2.45) is 0 Å². The molecule has 0 amide bonds. The summed E-state index contributed by atoms with van der Waals surface area (Å²) in [7, 11) is 0. The molecule has 1 aromatic heterocycles. The highest BCUT2D eigenvalue weighted by atomic mass is 16.1. The number of nitriles is 1. The zero-order valence-corrected chi connectivity index (χ0v) is 17.6. The number of nitrogens with zero attached hydrogens (tertiary/aromatic N) is 4. The van der Waals surface area contributed by atoms with Crippen LogP contribution in [0.25, 0.3) is 11.1 Å². The number of carbonyl (C=O) groups is 1. The lowest BCUT2D eigenvalue weighted by atomic mass is 9.99. The number of unbranched alkanes of at least 4 members (excludes halogenated alkanes) is 1. The van der Waals surface area contributed by atoms with Gasteiger partial charge in [0, 0.05) is 12.8 Å². The maximum Gasteiger partial charge on any atom is 0.342 e. The van der Waals surface area contributed by atoms with E-state index in [9.17, 15) is 10.1 Å². The minimum absolute atomic E-state index is 0.125. The van der Waals surface area contributed by atoms with Crippen LogP contribution in [-0.4, -0.2) is 15.6 Å². The third-order valence-electron chi connectivity index (χ3n) is 5.17. The molecular weight excluding hydrogens is 374 g/mol. The number of rotatable bonds is 9. The molecule has 154 valence electrons. The maximum atomic E-state index is 11.4. The second kappa shape index (κ2) is 9.84. The predicted molar refractivity (Wildman–Crippen MR) is 116 cm³/mol. The highest BCUT2D eigenvalue weighted by Crippen LogP contribution is 2.23. The molecule has 0 spiro atoms. The largest absolute Gasteiger partial charge is 0.342 e. The molecule has 0 saturated carbocycles. The second-order valence-corrected chi connectivity index (χ2v) is 7.49. The van der Waals surface area contributed by atoms with Gasteiger partial charge in [0.05, 0.1) is 24.7 Å².